The van der Waals surface area contributed by atoms with E-state index in [0.29, 0.717) is 5.56 Å². The van der Waals surface area contributed by atoms with Crippen molar-refractivity contribution in [3.63, 3.8) is 0 Å². The zero-order valence-corrected chi connectivity index (χ0v) is 25.9. The molecular formula is C32H47N7O6. The minimum atomic E-state index is -1.25. The fraction of sp³-hybridized carbons (Fsp3) is 0.469. The number of hydrogen-bond acceptors (Lipinski definition) is 8. The zero-order chi connectivity index (χ0) is 33.4. The summed E-state index contributed by atoms with van der Waals surface area (Å²) in [4.78, 5) is 65.0. The van der Waals surface area contributed by atoms with E-state index in [9.17, 15) is 29.1 Å². The van der Waals surface area contributed by atoms with Crippen molar-refractivity contribution in [3.8, 4) is 0 Å². The number of benzene rings is 2. The van der Waals surface area contributed by atoms with Crippen LogP contribution in [0.4, 0.5) is 0 Å². The fourth-order valence-electron chi connectivity index (χ4n) is 4.65. The fourth-order valence-corrected chi connectivity index (χ4v) is 4.65. The smallest absolute Gasteiger partial charge is 0.326 e. The van der Waals surface area contributed by atoms with Crippen molar-refractivity contribution in [1.82, 2.24) is 21.3 Å². The minimum Gasteiger partial charge on any atom is -0.480 e. The van der Waals surface area contributed by atoms with Gasteiger partial charge in [-0.2, -0.15) is 0 Å². The summed E-state index contributed by atoms with van der Waals surface area (Å²) in [5.41, 5.74) is 18.6. The van der Waals surface area contributed by atoms with E-state index in [2.05, 4.69) is 21.3 Å². The highest BCUT2D eigenvalue weighted by Gasteiger charge is 2.32. The number of rotatable bonds is 19. The Morgan fingerprint density at radius 2 is 1.04 bits per heavy atom. The second-order valence-electron chi connectivity index (χ2n) is 11.4. The maximum atomic E-state index is 13.7. The van der Waals surface area contributed by atoms with Gasteiger partial charge in [-0.15, -0.1) is 0 Å². The van der Waals surface area contributed by atoms with E-state index in [4.69, 9.17) is 17.2 Å². The van der Waals surface area contributed by atoms with Gasteiger partial charge in [-0.05, 0) is 49.4 Å². The molecule has 0 saturated carbocycles. The molecule has 0 radical (unpaired) electrons. The Labute approximate surface area is 264 Å². The molecule has 13 nitrogen and oxygen atoms in total. The molecule has 0 unspecified atom stereocenters. The molecule has 2 rings (SSSR count). The van der Waals surface area contributed by atoms with E-state index in [-0.39, 0.29) is 51.1 Å². The standard InChI is InChI=1S/C32H47N7O6/c1-20(2)17-25(37-28(40)23(35)13-15-33)30(42)38-26(18-21-9-5-3-6-10-21)31(43)36-24(14-16-34)29(41)39-27(32(44)45)19-22-11-7-4-8-12-22/h3-12,20,23-27H,13-19,33-35H2,1-2H3,(H,36,43)(H,37,40)(H,38,42)(H,39,41)(H,44,45)/t23-,24-,25+,26-,27-/m0/s1. The number of nitrogens with two attached hydrogens (primary N) is 3. The van der Waals surface area contributed by atoms with Crippen LogP contribution >= 0.6 is 0 Å². The summed E-state index contributed by atoms with van der Waals surface area (Å²) in [7, 11) is 0. The lowest BCUT2D eigenvalue weighted by Crippen LogP contribution is -2.59. The quantitative estimate of drug-likeness (QED) is 0.101. The van der Waals surface area contributed by atoms with Gasteiger partial charge in [0.1, 0.15) is 24.2 Å². The van der Waals surface area contributed by atoms with E-state index in [1.807, 2.05) is 19.9 Å². The van der Waals surface area contributed by atoms with Gasteiger partial charge in [-0.3, -0.25) is 19.2 Å². The van der Waals surface area contributed by atoms with Gasteiger partial charge in [0.15, 0.2) is 0 Å². The molecular weight excluding hydrogens is 578 g/mol. The molecule has 0 spiro atoms. The third kappa shape index (κ3) is 13.1. The summed E-state index contributed by atoms with van der Waals surface area (Å²) in [6.07, 6.45) is 0.653. The highest BCUT2D eigenvalue weighted by molar-refractivity contribution is 5.95. The monoisotopic (exact) mass is 625 g/mol. The minimum absolute atomic E-state index is 0.0175. The van der Waals surface area contributed by atoms with Crippen LogP contribution in [0.3, 0.4) is 0 Å². The number of amides is 4. The molecule has 246 valence electrons. The molecule has 13 heteroatoms. The summed E-state index contributed by atoms with van der Waals surface area (Å²) >= 11 is 0. The third-order valence-corrected chi connectivity index (χ3v) is 7.06. The predicted molar refractivity (Wildman–Crippen MR) is 170 cm³/mol. The molecule has 2 aromatic carbocycles. The molecule has 0 aliphatic carbocycles. The van der Waals surface area contributed by atoms with Crippen LogP contribution in [-0.2, 0) is 36.8 Å². The lowest BCUT2D eigenvalue weighted by Gasteiger charge is -2.27. The highest BCUT2D eigenvalue weighted by atomic mass is 16.4. The number of carboxylic acid groups (broad SMARTS) is 1. The van der Waals surface area contributed by atoms with Crippen molar-refractivity contribution < 1.29 is 29.1 Å². The summed E-state index contributed by atoms with van der Waals surface area (Å²) in [5, 5.41) is 20.3. The van der Waals surface area contributed by atoms with Gasteiger partial charge in [0, 0.05) is 12.8 Å². The molecule has 2 aromatic rings. The molecule has 0 saturated heterocycles. The molecule has 0 aromatic heterocycles. The van der Waals surface area contributed by atoms with Gasteiger partial charge < -0.3 is 43.6 Å². The number of carbonyl (C=O) groups excluding carboxylic acids is 4. The molecule has 0 aliphatic heterocycles. The molecule has 5 atom stereocenters. The number of carboxylic acids is 1. The first-order valence-electron chi connectivity index (χ1n) is 15.1. The molecule has 0 bridgehead atoms. The van der Waals surface area contributed by atoms with Crippen molar-refractivity contribution in [2.24, 2.45) is 23.1 Å². The maximum Gasteiger partial charge on any atom is 0.326 e. The van der Waals surface area contributed by atoms with Crippen LogP contribution in [-0.4, -0.2) is 78.0 Å². The Hall–Kier alpha value is -4.33. The van der Waals surface area contributed by atoms with Crippen LogP contribution in [0.2, 0.25) is 0 Å². The lowest BCUT2D eigenvalue weighted by molar-refractivity contribution is -0.142. The second-order valence-corrected chi connectivity index (χ2v) is 11.4. The number of carbonyl (C=O) groups is 5. The van der Waals surface area contributed by atoms with Crippen LogP contribution < -0.4 is 38.5 Å². The number of nitrogens with one attached hydrogen (secondary N) is 4. The summed E-state index contributed by atoms with van der Waals surface area (Å²) in [6, 6.07) is 12.4. The molecule has 0 heterocycles. The Kier molecular flexibility index (Phi) is 15.7. The molecule has 11 N–H and O–H groups in total. The Morgan fingerprint density at radius 3 is 1.53 bits per heavy atom. The van der Waals surface area contributed by atoms with Crippen LogP contribution in [0.15, 0.2) is 60.7 Å². The Bertz CT molecular complexity index is 1250. The summed E-state index contributed by atoms with van der Waals surface area (Å²) < 4.78 is 0. The van der Waals surface area contributed by atoms with Crippen molar-refractivity contribution in [2.45, 2.75) is 76.2 Å². The average molecular weight is 626 g/mol. The third-order valence-electron chi connectivity index (χ3n) is 7.06. The SMILES string of the molecule is CC(C)C[C@@H](NC(=O)[C@@H](N)CCN)C(=O)N[C@@H](Cc1ccccc1)C(=O)N[C@@H](CCN)C(=O)N[C@@H](Cc1ccccc1)C(=O)O. The van der Waals surface area contributed by atoms with E-state index in [1.165, 1.54) is 0 Å². The lowest BCUT2D eigenvalue weighted by atomic mass is 10.00. The average Bonchev–Trinajstić information content (AvgIpc) is 3.00. The van der Waals surface area contributed by atoms with Gasteiger partial charge in [-0.25, -0.2) is 4.79 Å². The Morgan fingerprint density at radius 1 is 0.622 bits per heavy atom. The highest BCUT2D eigenvalue weighted by Crippen LogP contribution is 2.10. The van der Waals surface area contributed by atoms with Gasteiger partial charge in [0.05, 0.1) is 6.04 Å². The van der Waals surface area contributed by atoms with Crippen LogP contribution in [0, 0.1) is 5.92 Å². The number of aliphatic carboxylic acids is 1. The zero-order valence-electron chi connectivity index (χ0n) is 25.9. The number of hydrogen-bond donors (Lipinski definition) is 8. The van der Waals surface area contributed by atoms with Crippen LogP contribution in [0.1, 0.15) is 44.2 Å². The molecule has 4 amide bonds. The second kappa shape index (κ2) is 19.1. The van der Waals surface area contributed by atoms with Crippen LogP contribution in [0.5, 0.6) is 0 Å². The van der Waals surface area contributed by atoms with Crippen molar-refractivity contribution in [3.05, 3.63) is 71.8 Å². The summed E-state index contributed by atoms with van der Waals surface area (Å²) in [6.45, 7) is 4.00. The van der Waals surface area contributed by atoms with Gasteiger partial charge >= 0.3 is 5.97 Å². The van der Waals surface area contributed by atoms with E-state index in [1.54, 1.807) is 54.6 Å². The van der Waals surface area contributed by atoms with E-state index < -0.39 is 59.8 Å². The van der Waals surface area contributed by atoms with Crippen molar-refractivity contribution in [2.75, 3.05) is 13.1 Å². The molecule has 45 heavy (non-hydrogen) atoms. The predicted octanol–water partition coefficient (Wildman–Crippen LogP) is -0.433. The van der Waals surface area contributed by atoms with Crippen LogP contribution in [0.25, 0.3) is 0 Å². The molecule has 0 fully saturated rings. The van der Waals surface area contributed by atoms with Gasteiger partial charge in [0.2, 0.25) is 23.6 Å². The van der Waals surface area contributed by atoms with Crippen molar-refractivity contribution >= 4 is 29.6 Å². The first-order valence-corrected chi connectivity index (χ1v) is 15.1. The summed E-state index contributed by atoms with van der Waals surface area (Å²) in [5.74, 6) is -3.74. The topological polar surface area (TPSA) is 232 Å². The maximum absolute atomic E-state index is 13.7. The van der Waals surface area contributed by atoms with E-state index >= 15 is 0 Å². The molecule has 0 aliphatic rings. The Balaban J connectivity index is 2.26. The first kappa shape index (κ1) is 36.9. The van der Waals surface area contributed by atoms with E-state index in [0.717, 1.165) is 5.56 Å². The first-order chi connectivity index (χ1) is 21.4. The largest absolute Gasteiger partial charge is 0.480 e. The van der Waals surface area contributed by atoms with Gasteiger partial charge in [0.25, 0.3) is 0 Å². The van der Waals surface area contributed by atoms with Gasteiger partial charge in [-0.1, -0.05) is 74.5 Å². The normalized spacial score (nSPS) is 14.4. The van der Waals surface area contributed by atoms with Crippen molar-refractivity contribution in [1.29, 1.82) is 0 Å².